The summed E-state index contributed by atoms with van der Waals surface area (Å²) in [5, 5.41) is 11.0. The van der Waals surface area contributed by atoms with Crippen molar-refractivity contribution in [1.82, 2.24) is 9.80 Å². The van der Waals surface area contributed by atoms with Crippen molar-refractivity contribution >= 4 is 18.0 Å². The summed E-state index contributed by atoms with van der Waals surface area (Å²) in [4.78, 5) is 30.9. The molecule has 1 saturated carbocycles. The smallest absolute Gasteiger partial charge is 0.303 e. The van der Waals surface area contributed by atoms with E-state index in [2.05, 4.69) is 31.9 Å². The minimum Gasteiger partial charge on any atom is -0.504 e. The molecule has 1 saturated heterocycles. The molecule has 2 bridgehead atoms. The SMILES string of the molecule is CC(=O)O[C@@]12CC[C@H](N(CC(C)C)C(=O)C=Cc3cccc(C)c3)[C@@H]3Oc4c(O)ccc5c4[C@@]31CCN(C)[C@@H]2C5. The van der Waals surface area contributed by atoms with Crippen LogP contribution in [0.5, 0.6) is 11.5 Å². The van der Waals surface area contributed by atoms with E-state index in [1.165, 1.54) is 6.92 Å². The Morgan fingerprint density at radius 1 is 1.25 bits per heavy atom. The molecule has 2 aliphatic carbocycles. The van der Waals surface area contributed by atoms with E-state index in [4.69, 9.17) is 9.47 Å². The average molecular weight is 545 g/mol. The Bertz CT molecular complexity index is 1380. The van der Waals surface area contributed by atoms with Gasteiger partial charge in [0.05, 0.1) is 17.5 Å². The van der Waals surface area contributed by atoms with Gasteiger partial charge < -0.3 is 19.5 Å². The number of hydrogen-bond acceptors (Lipinski definition) is 6. The Morgan fingerprint density at radius 2 is 2.05 bits per heavy atom. The molecular weight excluding hydrogens is 504 g/mol. The number of carbonyl (C=O) groups excluding carboxylic acids is 2. The predicted molar refractivity (Wildman–Crippen MR) is 153 cm³/mol. The maximum Gasteiger partial charge on any atom is 0.303 e. The fourth-order valence-corrected chi connectivity index (χ4v) is 8.30. The van der Waals surface area contributed by atoms with Crippen LogP contribution in [0, 0.1) is 12.8 Å². The van der Waals surface area contributed by atoms with Gasteiger partial charge in [0.1, 0.15) is 11.7 Å². The Balaban J connectivity index is 1.46. The monoisotopic (exact) mass is 544 g/mol. The van der Waals surface area contributed by atoms with Crippen molar-refractivity contribution in [1.29, 1.82) is 0 Å². The first-order valence-corrected chi connectivity index (χ1v) is 14.5. The molecule has 2 aliphatic heterocycles. The van der Waals surface area contributed by atoms with Crippen molar-refractivity contribution in [2.75, 3.05) is 20.1 Å². The molecule has 1 spiro atoms. The number of benzene rings is 2. The van der Waals surface area contributed by atoms with Gasteiger partial charge >= 0.3 is 5.97 Å². The molecule has 0 radical (unpaired) electrons. The van der Waals surface area contributed by atoms with E-state index >= 15 is 0 Å². The van der Waals surface area contributed by atoms with Gasteiger partial charge in [-0.25, -0.2) is 0 Å². The third kappa shape index (κ3) is 3.88. The van der Waals surface area contributed by atoms with Crippen LogP contribution in [0.15, 0.2) is 42.5 Å². The van der Waals surface area contributed by atoms with Gasteiger partial charge in [-0.05, 0) is 75.4 Å². The highest BCUT2D eigenvalue weighted by molar-refractivity contribution is 5.92. The number of amides is 1. The van der Waals surface area contributed by atoms with Gasteiger partial charge in [0.15, 0.2) is 11.5 Å². The van der Waals surface area contributed by atoms with E-state index in [9.17, 15) is 14.7 Å². The lowest BCUT2D eigenvalue weighted by molar-refractivity contribution is -0.221. The molecule has 2 aromatic carbocycles. The second-order valence-electron chi connectivity index (χ2n) is 12.6. The van der Waals surface area contributed by atoms with Crippen LogP contribution in [0.2, 0.25) is 0 Å². The van der Waals surface area contributed by atoms with Crippen molar-refractivity contribution in [3.63, 3.8) is 0 Å². The normalized spacial score (nSPS) is 30.2. The van der Waals surface area contributed by atoms with E-state index in [0.717, 1.165) is 41.6 Å². The largest absolute Gasteiger partial charge is 0.504 e. The number of aromatic hydroxyl groups is 1. The third-order valence-corrected chi connectivity index (χ3v) is 9.69. The van der Waals surface area contributed by atoms with Crippen molar-refractivity contribution in [2.24, 2.45) is 5.92 Å². The van der Waals surface area contributed by atoms with E-state index in [-0.39, 0.29) is 35.6 Å². The van der Waals surface area contributed by atoms with Crippen LogP contribution in [-0.4, -0.2) is 70.7 Å². The first-order valence-electron chi connectivity index (χ1n) is 14.5. The fraction of sp³-hybridized carbons (Fsp3) is 0.515. The number of likely N-dealkylation sites (N-methyl/N-ethyl adjacent to an activating group) is 1. The van der Waals surface area contributed by atoms with Crippen molar-refractivity contribution in [2.45, 2.75) is 82.6 Å². The minimum absolute atomic E-state index is 0.00402. The molecule has 2 aromatic rings. The summed E-state index contributed by atoms with van der Waals surface area (Å²) in [6.07, 6.45) is 5.84. The van der Waals surface area contributed by atoms with Gasteiger partial charge in [0, 0.05) is 25.1 Å². The molecule has 212 valence electrons. The predicted octanol–water partition coefficient (Wildman–Crippen LogP) is 4.62. The Labute approximate surface area is 236 Å². The zero-order valence-electron chi connectivity index (χ0n) is 24.1. The molecule has 40 heavy (non-hydrogen) atoms. The zero-order chi connectivity index (χ0) is 28.4. The topological polar surface area (TPSA) is 79.3 Å². The van der Waals surface area contributed by atoms with Crippen LogP contribution in [0.1, 0.15) is 62.3 Å². The maximum atomic E-state index is 13.9. The van der Waals surface area contributed by atoms with Crippen molar-refractivity contribution < 1.29 is 24.2 Å². The first kappa shape index (κ1) is 26.9. The van der Waals surface area contributed by atoms with Crippen LogP contribution >= 0.6 is 0 Å². The van der Waals surface area contributed by atoms with Crippen LogP contribution in [0.4, 0.5) is 0 Å². The summed E-state index contributed by atoms with van der Waals surface area (Å²) >= 11 is 0. The van der Waals surface area contributed by atoms with Crippen LogP contribution in [-0.2, 0) is 26.2 Å². The summed E-state index contributed by atoms with van der Waals surface area (Å²) in [5.41, 5.74) is 2.82. The van der Waals surface area contributed by atoms with Gasteiger partial charge in [-0.2, -0.15) is 0 Å². The van der Waals surface area contributed by atoms with Crippen LogP contribution in [0.3, 0.4) is 0 Å². The standard InChI is InChI=1S/C33H40N2O5/c1-20(2)19-35(28(38)12-9-23-8-6-7-21(3)17-23)25-13-14-33(40-22(4)36)27-18-24-10-11-26(37)30-29(24)32(33,31(25)39-30)15-16-34(27)5/h6-12,17,20,25,27,31,37H,13-16,18-19H2,1-5H3/t25-,27+,31-,32-,33+/m0/s1. The zero-order valence-corrected chi connectivity index (χ0v) is 24.1. The molecule has 0 aromatic heterocycles. The average Bonchev–Trinajstić information content (AvgIpc) is 3.25. The molecule has 6 rings (SSSR count). The fourth-order valence-electron chi connectivity index (χ4n) is 8.30. The van der Waals surface area contributed by atoms with Crippen LogP contribution in [0.25, 0.3) is 6.08 Å². The lowest BCUT2D eigenvalue weighted by Crippen LogP contribution is -2.79. The molecule has 2 heterocycles. The molecule has 5 atom stereocenters. The lowest BCUT2D eigenvalue weighted by Gasteiger charge is -2.65. The van der Waals surface area contributed by atoms with E-state index in [1.807, 2.05) is 42.2 Å². The number of likely N-dealkylation sites (tertiary alicyclic amines) is 1. The number of phenols is 1. The van der Waals surface area contributed by atoms with Crippen molar-refractivity contribution in [3.8, 4) is 11.5 Å². The molecule has 1 amide bonds. The lowest BCUT2D eigenvalue weighted by atomic mass is 9.48. The third-order valence-electron chi connectivity index (χ3n) is 9.69. The molecule has 1 N–H and O–H groups in total. The summed E-state index contributed by atoms with van der Waals surface area (Å²) < 4.78 is 13.2. The highest BCUT2D eigenvalue weighted by atomic mass is 16.6. The highest BCUT2D eigenvalue weighted by Gasteiger charge is 2.75. The number of ether oxygens (including phenoxy) is 2. The summed E-state index contributed by atoms with van der Waals surface area (Å²) in [5.74, 6) is 0.502. The van der Waals surface area contributed by atoms with E-state index < -0.39 is 17.1 Å². The first-order chi connectivity index (χ1) is 19.1. The second-order valence-corrected chi connectivity index (χ2v) is 12.6. The Hall–Kier alpha value is -3.32. The molecule has 7 nitrogen and oxygen atoms in total. The highest BCUT2D eigenvalue weighted by Crippen LogP contribution is 2.67. The molecular formula is C33H40N2O5. The summed E-state index contributed by atoms with van der Waals surface area (Å²) in [6.45, 7) is 9.17. The number of carbonyl (C=O) groups is 2. The van der Waals surface area contributed by atoms with E-state index in [0.29, 0.717) is 25.1 Å². The van der Waals surface area contributed by atoms with Gasteiger partial charge in [-0.15, -0.1) is 0 Å². The summed E-state index contributed by atoms with van der Waals surface area (Å²) in [6, 6.07) is 11.6. The Morgan fingerprint density at radius 3 is 2.77 bits per heavy atom. The van der Waals surface area contributed by atoms with Gasteiger partial charge in [-0.1, -0.05) is 49.7 Å². The molecule has 2 fully saturated rings. The Kier molecular flexibility index (Phi) is 6.49. The van der Waals surface area contributed by atoms with E-state index in [1.54, 1.807) is 12.1 Å². The van der Waals surface area contributed by atoms with Gasteiger partial charge in [0.25, 0.3) is 0 Å². The number of hydrogen-bond donors (Lipinski definition) is 1. The number of piperidine rings is 1. The number of rotatable bonds is 6. The second kappa shape index (κ2) is 9.65. The molecule has 0 unspecified atom stereocenters. The molecule has 7 heteroatoms. The van der Waals surface area contributed by atoms with Crippen molar-refractivity contribution in [3.05, 3.63) is 64.7 Å². The quantitative estimate of drug-likeness (QED) is 0.422. The number of aryl methyl sites for hydroxylation is 1. The van der Waals surface area contributed by atoms with Gasteiger partial charge in [-0.3, -0.25) is 14.5 Å². The maximum absolute atomic E-state index is 13.9. The minimum atomic E-state index is -0.789. The number of esters is 1. The van der Waals surface area contributed by atoms with Crippen LogP contribution < -0.4 is 4.74 Å². The number of nitrogens with zero attached hydrogens (tertiary/aromatic N) is 2. The molecule has 4 aliphatic rings. The number of phenolic OH excluding ortho intramolecular Hbond substituents is 1. The van der Waals surface area contributed by atoms with Gasteiger partial charge in [0.2, 0.25) is 5.91 Å². The summed E-state index contributed by atoms with van der Waals surface area (Å²) in [7, 11) is 2.11.